The van der Waals surface area contributed by atoms with E-state index in [1.165, 1.54) is 36.1 Å². The minimum absolute atomic E-state index is 0.438. The van der Waals surface area contributed by atoms with E-state index in [-0.39, 0.29) is 0 Å². The third-order valence-corrected chi connectivity index (χ3v) is 3.84. The Kier molecular flexibility index (Phi) is 4.06. The lowest BCUT2D eigenvalue weighted by Crippen LogP contribution is -2.31. The molecule has 0 bridgehead atoms. The van der Waals surface area contributed by atoms with Crippen LogP contribution in [-0.4, -0.2) is 19.3 Å². The monoisotopic (exact) mass is 233 g/mol. The molecule has 0 amide bonds. The van der Waals surface area contributed by atoms with Crippen molar-refractivity contribution in [1.29, 1.82) is 0 Å². The molecule has 2 atom stereocenters. The summed E-state index contributed by atoms with van der Waals surface area (Å²) in [6.07, 6.45) is 5.30. The largest absolute Gasteiger partial charge is 0.382 e. The lowest BCUT2D eigenvalue weighted by Gasteiger charge is -2.29. The summed E-state index contributed by atoms with van der Waals surface area (Å²) >= 11 is 0. The molecule has 0 aliphatic heterocycles. The predicted octanol–water partition coefficient (Wildman–Crippen LogP) is 3.67. The highest BCUT2D eigenvalue weighted by atomic mass is 16.5. The second-order valence-electron chi connectivity index (χ2n) is 5.16. The van der Waals surface area contributed by atoms with Gasteiger partial charge in [0.1, 0.15) is 0 Å². The molecule has 2 heteroatoms. The quantitative estimate of drug-likeness (QED) is 0.860. The van der Waals surface area contributed by atoms with Gasteiger partial charge < -0.3 is 10.1 Å². The summed E-state index contributed by atoms with van der Waals surface area (Å²) in [5.41, 5.74) is 3.96. The van der Waals surface area contributed by atoms with Crippen molar-refractivity contribution in [3.05, 3.63) is 29.3 Å². The number of rotatable bonds is 3. The average molecular weight is 233 g/mol. The number of methoxy groups -OCH3 is 1. The van der Waals surface area contributed by atoms with Gasteiger partial charge in [0.15, 0.2) is 0 Å². The maximum Gasteiger partial charge on any atom is 0.0590 e. The summed E-state index contributed by atoms with van der Waals surface area (Å²) < 4.78 is 5.46. The fourth-order valence-corrected chi connectivity index (χ4v) is 2.56. The van der Waals surface area contributed by atoms with Crippen LogP contribution in [0.15, 0.2) is 18.2 Å². The molecule has 1 N–H and O–H groups in total. The van der Waals surface area contributed by atoms with E-state index in [1.807, 2.05) is 7.11 Å². The number of ether oxygens (including phenoxy) is 1. The zero-order valence-corrected chi connectivity index (χ0v) is 11.1. The van der Waals surface area contributed by atoms with Gasteiger partial charge in [-0.3, -0.25) is 0 Å². The van der Waals surface area contributed by atoms with Crippen LogP contribution >= 0.6 is 0 Å². The number of hydrogen-bond acceptors (Lipinski definition) is 2. The van der Waals surface area contributed by atoms with E-state index in [0.717, 1.165) is 6.42 Å². The summed E-state index contributed by atoms with van der Waals surface area (Å²) in [6, 6.07) is 7.18. The normalized spacial score (nSPS) is 24.6. The van der Waals surface area contributed by atoms with Crippen molar-refractivity contribution in [2.45, 2.75) is 51.7 Å². The zero-order chi connectivity index (χ0) is 12.3. The van der Waals surface area contributed by atoms with E-state index in [0.29, 0.717) is 12.1 Å². The topological polar surface area (TPSA) is 21.3 Å². The fourth-order valence-electron chi connectivity index (χ4n) is 2.56. The second-order valence-corrected chi connectivity index (χ2v) is 5.16. The van der Waals surface area contributed by atoms with Crippen molar-refractivity contribution >= 4 is 5.69 Å². The van der Waals surface area contributed by atoms with Crippen LogP contribution < -0.4 is 5.32 Å². The third kappa shape index (κ3) is 3.22. The minimum Gasteiger partial charge on any atom is -0.382 e. The molecule has 0 saturated heterocycles. The Labute approximate surface area is 104 Å². The van der Waals surface area contributed by atoms with Gasteiger partial charge in [0.25, 0.3) is 0 Å². The van der Waals surface area contributed by atoms with Crippen LogP contribution in [0.3, 0.4) is 0 Å². The van der Waals surface area contributed by atoms with Gasteiger partial charge in [0.05, 0.1) is 6.10 Å². The molecule has 1 aliphatic carbocycles. The van der Waals surface area contributed by atoms with Crippen LogP contribution in [-0.2, 0) is 4.74 Å². The fraction of sp³-hybridized carbons (Fsp3) is 0.600. The van der Waals surface area contributed by atoms with Gasteiger partial charge in [-0.15, -0.1) is 0 Å². The van der Waals surface area contributed by atoms with Crippen LogP contribution in [0.25, 0.3) is 0 Å². The lowest BCUT2D eigenvalue weighted by atomic mass is 9.92. The molecule has 1 fully saturated rings. The molecular weight excluding hydrogens is 210 g/mol. The summed E-state index contributed by atoms with van der Waals surface area (Å²) in [6.45, 7) is 4.32. The van der Waals surface area contributed by atoms with E-state index in [4.69, 9.17) is 4.74 Å². The van der Waals surface area contributed by atoms with Crippen molar-refractivity contribution in [2.24, 2.45) is 0 Å². The maximum absolute atomic E-state index is 5.46. The molecule has 94 valence electrons. The molecule has 0 aromatic heterocycles. The van der Waals surface area contributed by atoms with Gasteiger partial charge >= 0.3 is 0 Å². The van der Waals surface area contributed by atoms with E-state index in [1.54, 1.807) is 0 Å². The van der Waals surface area contributed by atoms with Crippen LogP contribution in [0.2, 0.25) is 0 Å². The third-order valence-electron chi connectivity index (χ3n) is 3.84. The number of hydrogen-bond donors (Lipinski definition) is 1. The Balaban J connectivity index is 1.97. The highest BCUT2D eigenvalue weighted by molar-refractivity contribution is 5.48. The Morgan fingerprint density at radius 2 is 2.00 bits per heavy atom. The van der Waals surface area contributed by atoms with Crippen LogP contribution in [0.5, 0.6) is 0 Å². The number of anilines is 1. The van der Waals surface area contributed by atoms with Crippen molar-refractivity contribution in [3.8, 4) is 0 Å². The molecule has 2 unspecified atom stereocenters. The first-order valence-corrected chi connectivity index (χ1v) is 6.55. The second kappa shape index (κ2) is 5.54. The molecule has 17 heavy (non-hydrogen) atoms. The van der Waals surface area contributed by atoms with Gasteiger partial charge in [-0.25, -0.2) is 0 Å². The molecule has 0 heterocycles. The van der Waals surface area contributed by atoms with Gasteiger partial charge in [-0.2, -0.15) is 0 Å². The maximum atomic E-state index is 5.46. The number of nitrogens with one attached hydrogen (secondary N) is 1. The lowest BCUT2D eigenvalue weighted by molar-refractivity contribution is 0.0669. The SMILES string of the molecule is COC1CCCC(Nc2ccc(C)c(C)c2)C1. The van der Waals surface area contributed by atoms with Crippen molar-refractivity contribution in [1.82, 2.24) is 0 Å². The summed E-state index contributed by atoms with van der Waals surface area (Å²) in [7, 11) is 1.82. The molecule has 2 nitrogen and oxygen atoms in total. The van der Waals surface area contributed by atoms with E-state index in [9.17, 15) is 0 Å². The van der Waals surface area contributed by atoms with Crippen molar-refractivity contribution in [2.75, 3.05) is 12.4 Å². The summed E-state index contributed by atoms with van der Waals surface area (Å²) in [4.78, 5) is 0. The predicted molar refractivity (Wildman–Crippen MR) is 72.6 cm³/mol. The molecule has 0 radical (unpaired) electrons. The average Bonchev–Trinajstić information content (AvgIpc) is 2.34. The van der Waals surface area contributed by atoms with Gasteiger partial charge in [0, 0.05) is 18.8 Å². The van der Waals surface area contributed by atoms with Crippen LogP contribution in [0.1, 0.15) is 36.8 Å². The first-order valence-electron chi connectivity index (χ1n) is 6.55. The van der Waals surface area contributed by atoms with Gasteiger partial charge in [0.2, 0.25) is 0 Å². The molecule has 0 spiro atoms. The molecule has 1 aromatic carbocycles. The standard InChI is InChI=1S/C15H23NO/c1-11-7-8-14(9-12(11)2)16-13-5-4-6-15(10-13)17-3/h7-9,13,15-16H,4-6,10H2,1-3H3. The van der Waals surface area contributed by atoms with E-state index < -0.39 is 0 Å². The molecule has 1 aromatic rings. The highest BCUT2D eigenvalue weighted by Crippen LogP contribution is 2.24. The van der Waals surface area contributed by atoms with Gasteiger partial charge in [-0.05, 0) is 62.8 Å². The van der Waals surface area contributed by atoms with Gasteiger partial charge in [-0.1, -0.05) is 6.07 Å². The Hall–Kier alpha value is -1.02. The van der Waals surface area contributed by atoms with Crippen LogP contribution in [0.4, 0.5) is 5.69 Å². The van der Waals surface area contributed by atoms with E-state index >= 15 is 0 Å². The zero-order valence-electron chi connectivity index (χ0n) is 11.1. The molecule has 1 aliphatic rings. The highest BCUT2D eigenvalue weighted by Gasteiger charge is 2.21. The van der Waals surface area contributed by atoms with Crippen LogP contribution in [0, 0.1) is 13.8 Å². The minimum atomic E-state index is 0.438. The molecule has 2 rings (SSSR count). The first kappa shape index (κ1) is 12.4. The molecular formula is C15H23NO. The smallest absolute Gasteiger partial charge is 0.0590 e. The first-order chi connectivity index (χ1) is 8.19. The molecule has 1 saturated carbocycles. The van der Waals surface area contributed by atoms with Crippen molar-refractivity contribution < 1.29 is 4.74 Å². The Bertz CT molecular complexity index is 375. The van der Waals surface area contributed by atoms with E-state index in [2.05, 4.69) is 37.4 Å². The number of aryl methyl sites for hydroxylation is 2. The number of benzene rings is 1. The summed E-state index contributed by atoms with van der Waals surface area (Å²) in [5, 5.41) is 3.63. The summed E-state index contributed by atoms with van der Waals surface area (Å²) in [5.74, 6) is 0. The van der Waals surface area contributed by atoms with Crippen molar-refractivity contribution in [3.63, 3.8) is 0 Å². The Morgan fingerprint density at radius 3 is 2.71 bits per heavy atom. The Morgan fingerprint density at radius 1 is 1.18 bits per heavy atom.